The van der Waals surface area contributed by atoms with E-state index in [0.717, 1.165) is 24.5 Å². The summed E-state index contributed by atoms with van der Waals surface area (Å²) >= 11 is 0. The fourth-order valence-corrected chi connectivity index (χ4v) is 2.16. The topological polar surface area (TPSA) is 49.8 Å². The highest BCUT2D eigenvalue weighted by Gasteiger charge is 2.29. The molecule has 1 aromatic carbocycles. The Hall–Kier alpha value is -1.71. The number of aliphatic carboxylic acids is 1. The van der Waals surface area contributed by atoms with Gasteiger partial charge >= 0.3 is 5.97 Å². The molecule has 0 atom stereocenters. The molecule has 0 saturated heterocycles. The number of rotatable bonds is 4. The van der Waals surface area contributed by atoms with Crippen LogP contribution in [0.4, 0.5) is 5.69 Å². The maximum Gasteiger partial charge on any atom is 0.310 e. The van der Waals surface area contributed by atoms with Crippen LogP contribution >= 0.6 is 0 Å². The van der Waals surface area contributed by atoms with Gasteiger partial charge in [0.1, 0.15) is 5.75 Å². The van der Waals surface area contributed by atoms with Crippen molar-refractivity contribution in [1.82, 2.24) is 0 Å². The number of fused-ring (bicyclic) bond motifs is 1. The first kappa shape index (κ1) is 12.7. The lowest BCUT2D eigenvalue weighted by Gasteiger charge is -2.28. The predicted octanol–water partition coefficient (Wildman–Crippen LogP) is 2.17. The Labute approximate surface area is 107 Å². The molecule has 0 unspecified atom stereocenters. The summed E-state index contributed by atoms with van der Waals surface area (Å²) in [6.07, 6.45) is 0.930. The fraction of sp³-hybridized carbons (Fsp3) is 0.500. The summed E-state index contributed by atoms with van der Waals surface area (Å²) in [6.45, 7) is 4.69. The van der Waals surface area contributed by atoms with E-state index in [2.05, 4.69) is 6.07 Å². The van der Waals surface area contributed by atoms with E-state index >= 15 is 0 Å². The SMILES string of the molecule is CN(CC(C)(C)C(=O)O)c1ccc2c(c1)CCO2. The van der Waals surface area contributed by atoms with Crippen LogP contribution in [-0.4, -0.2) is 31.3 Å². The molecule has 0 aliphatic carbocycles. The van der Waals surface area contributed by atoms with Gasteiger partial charge in [0.05, 0.1) is 12.0 Å². The quantitative estimate of drug-likeness (QED) is 0.888. The minimum absolute atomic E-state index is 0.474. The number of hydrogen-bond donors (Lipinski definition) is 1. The van der Waals surface area contributed by atoms with Crippen LogP contribution in [0.15, 0.2) is 18.2 Å². The van der Waals surface area contributed by atoms with E-state index in [9.17, 15) is 4.79 Å². The van der Waals surface area contributed by atoms with Gasteiger partial charge in [-0.3, -0.25) is 4.79 Å². The van der Waals surface area contributed by atoms with E-state index < -0.39 is 11.4 Å². The van der Waals surface area contributed by atoms with Gasteiger partial charge in [-0.05, 0) is 37.6 Å². The first-order valence-corrected chi connectivity index (χ1v) is 6.10. The molecular formula is C14H19NO3. The Morgan fingerprint density at radius 3 is 2.89 bits per heavy atom. The molecular weight excluding hydrogens is 230 g/mol. The summed E-state index contributed by atoms with van der Waals surface area (Å²) in [7, 11) is 1.92. The molecule has 0 radical (unpaired) electrons. The number of anilines is 1. The maximum atomic E-state index is 11.1. The second-order valence-corrected chi connectivity index (χ2v) is 5.44. The molecule has 98 valence electrons. The molecule has 0 aromatic heterocycles. The largest absolute Gasteiger partial charge is 0.493 e. The van der Waals surface area contributed by atoms with Crippen molar-refractivity contribution in [3.63, 3.8) is 0 Å². The van der Waals surface area contributed by atoms with E-state index in [1.54, 1.807) is 13.8 Å². The lowest BCUT2D eigenvalue weighted by molar-refractivity contribution is -0.146. The third-order valence-electron chi connectivity index (χ3n) is 3.33. The van der Waals surface area contributed by atoms with Crippen molar-refractivity contribution < 1.29 is 14.6 Å². The standard InChI is InChI=1S/C14H19NO3/c1-14(2,13(16)17)9-15(3)11-4-5-12-10(8-11)6-7-18-12/h4-5,8H,6-7,9H2,1-3H3,(H,16,17). The van der Waals surface area contributed by atoms with Crippen LogP contribution in [0.3, 0.4) is 0 Å². The third kappa shape index (κ3) is 2.42. The lowest BCUT2D eigenvalue weighted by atomic mass is 9.93. The van der Waals surface area contributed by atoms with Gasteiger partial charge in [-0.1, -0.05) is 0 Å². The Morgan fingerprint density at radius 2 is 2.22 bits per heavy atom. The lowest BCUT2D eigenvalue weighted by Crippen LogP contribution is -2.37. The van der Waals surface area contributed by atoms with Crippen LogP contribution < -0.4 is 9.64 Å². The van der Waals surface area contributed by atoms with Crippen molar-refractivity contribution in [2.24, 2.45) is 5.41 Å². The molecule has 0 amide bonds. The number of ether oxygens (including phenoxy) is 1. The highest BCUT2D eigenvalue weighted by Crippen LogP contribution is 2.30. The average molecular weight is 249 g/mol. The van der Waals surface area contributed by atoms with Crippen molar-refractivity contribution in [3.05, 3.63) is 23.8 Å². The minimum atomic E-state index is -0.779. The van der Waals surface area contributed by atoms with Gasteiger partial charge in [-0.15, -0.1) is 0 Å². The van der Waals surface area contributed by atoms with Crippen molar-refractivity contribution in [3.8, 4) is 5.75 Å². The highest BCUT2D eigenvalue weighted by atomic mass is 16.5. The number of benzene rings is 1. The van der Waals surface area contributed by atoms with Gasteiger partial charge in [0.25, 0.3) is 0 Å². The summed E-state index contributed by atoms with van der Waals surface area (Å²) in [5, 5.41) is 9.15. The maximum absolute atomic E-state index is 11.1. The van der Waals surface area contributed by atoms with E-state index in [4.69, 9.17) is 9.84 Å². The van der Waals surface area contributed by atoms with Gasteiger partial charge in [0, 0.05) is 25.7 Å². The number of carboxylic acid groups (broad SMARTS) is 1. The third-order valence-corrected chi connectivity index (χ3v) is 3.33. The van der Waals surface area contributed by atoms with Gasteiger partial charge in [0.15, 0.2) is 0 Å². The van der Waals surface area contributed by atoms with Crippen molar-refractivity contribution >= 4 is 11.7 Å². The average Bonchev–Trinajstić information content (AvgIpc) is 2.74. The molecule has 1 heterocycles. The second kappa shape index (κ2) is 4.52. The number of nitrogens with zero attached hydrogens (tertiary/aromatic N) is 1. The Balaban J connectivity index is 2.14. The zero-order chi connectivity index (χ0) is 13.3. The first-order chi connectivity index (χ1) is 8.40. The van der Waals surface area contributed by atoms with Crippen LogP contribution in [0.5, 0.6) is 5.75 Å². The number of carboxylic acids is 1. The summed E-state index contributed by atoms with van der Waals surface area (Å²) < 4.78 is 5.46. The van der Waals surface area contributed by atoms with E-state index in [1.165, 1.54) is 5.56 Å². The molecule has 1 N–H and O–H groups in total. The molecule has 0 spiro atoms. The van der Waals surface area contributed by atoms with Gasteiger partial charge < -0.3 is 14.7 Å². The van der Waals surface area contributed by atoms with E-state index in [1.807, 2.05) is 24.1 Å². The zero-order valence-corrected chi connectivity index (χ0v) is 11.1. The first-order valence-electron chi connectivity index (χ1n) is 6.10. The minimum Gasteiger partial charge on any atom is -0.493 e. The van der Waals surface area contributed by atoms with Gasteiger partial charge in [-0.25, -0.2) is 0 Å². The van der Waals surface area contributed by atoms with E-state index in [0.29, 0.717) is 6.54 Å². The molecule has 2 rings (SSSR count). The molecule has 1 aromatic rings. The summed E-state index contributed by atoms with van der Waals surface area (Å²) in [4.78, 5) is 13.1. The molecule has 4 nitrogen and oxygen atoms in total. The number of hydrogen-bond acceptors (Lipinski definition) is 3. The van der Waals surface area contributed by atoms with Gasteiger partial charge in [-0.2, -0.15) is 0 Å². The Kier molecular flexibility index (Phi) is 3.20. The van der Waals surface area contributed by atoms with Crippen LogP contribution in [0.1, 0.15) is 19.4 Å². The molecule has 4 heteroatoms. The number of carbonyl (C=O) groups is 1. The van der Waals surface area contributed by atoms with E-state index in [-0.39, 0.29) is 0 Å². The molecule has 0 bridgehead atoms. The second-order valence-electron chi connectivity index (χ2n) is 5.44. The van der Waals surface area contributed by atoms with Crippen LogP contribution in [0, 0.1) is 5.41 Å². The fourth-order valence-electron chi connectivity index (χ4n) is 2.16. The molecule has 1 aliphatic rings. The molecule has 0 fully saturated rings. The summed E-state index contributed by atoms with van der Waals surface area (Å²) in [6, 6.07) is 6.02. The van der Waals surface area contributed by atoms with Gasteiger partial charge in [0.2, 0.25) is 0 Å². The monoisotopic (exact) mass is 249 g/mol. The van der Waals surface area contributed by atoms with Crippen LogP contribution in [0.2, 0.25) is 0 Å². The van der Waals surface area contributed by atoms with Crippen LogP contribution in [-0.2, 0) is 11.2 Å². The normalized spacial score (nSPS) is 13.9. The molecule has 18 heavy (non-hydrogen) atoms. The van der Waals surface area contributed by atoms with Crippen molar-refractivity contribution in [2.75, 3.05) is 25.1 Å². The highest BCUT2D eigenvalue weighted by molar-refractivity contribution is 5.74. The zero-order valence-electron chi connectivity index (χ0n) is 11.1. The predicted molar refractivity (Wildman–Crippen MR) is 70.3 cm³/mol. The molecule has 0 saturated carbocycles. The smallest absolute Gasteiger partial charge is 0.310 e. The Bertz CT molecular complexity index is 468. The summed E-state index contributed by atoms with van der Waals surface area (Å²) in [5.41, 5.74) is 1.48. The Morgan fingerprint density at radius 1 is 1.50 bits per heavy atom. The van der Waals surface area contributed by atoms with Crippen molar-refractivity contribution in [1.29, 1.82) is 0 Å². The van der Waals surface area contributed by atoms with Crippen LogP contribution in [0.25, 0.3) is 0 Å². The van der Waals surface area contributed by atoms with Crippen molar-refractivity contribution in [2.45, 2.75) is 20.3 Å². The molecule has 1 aliphatic heterocycles. The summed E-state index contributed by atoms with van der Waals surface area (Å²) in [5.74, 6) is 0.170.